The molecule has 0 fully saturated rings. The van der Waals surface area contributed by atoms with Crippen LogP contribution in [-0.4, -0.2) is 38.7 Å². The molecule has 24 heavy (non-hydrogen) atoms. The Bertz CT molecular complexity index is 980. The van der Waals surface area contributed by atoms with Gasteiger partial charge in [-0.2, -0.15) is 9.97 Å². The van der Waals surface area contributed by atoms with Crippen LogP contribution in [0, 0.1) is 13.8 Å². The molecule has 1 atom stereocenters. The van der Waals surface area contributed by atoms with E-state index >= 15 is 0 Å². The quantitative estimate of drug-likeness (QED) is 0.711. The molecule has 8 heteroatoms. The first kappa shape index (κ1) is 14.1. The number of nitrogens with zero attached hydrogens (tertiary/aromatic N) is 3. The summed E-state index contributed by atoms with van der Waals surface area (Å²) in [6.45, 7) is 3.56. The number of methoxy groups -OCH3 is 2. The molecule has 0 saturated carbocycles. The van der Waals surface area contributed by atoms with Gasteiger partial charge in [-0.25, -0.2) is 0 Å². The van der Waals surface area contributed by atoms with E-state index in [0.29, 0.717) is 28.4 Å². The summed E-state index contributed by atoms with van der Waals surface area (Å²) in [6.07, 6.45) is 0.0743. The van der Waals surface area contributed by atoms with E-state index in [1.807, 2.05) is 0 Å². The topological polar surface area (TPSA) is 96.0 Å². The Balaban J connectivity index is 1.98. The SMILES string of the molecule is [2H]c1nc(C[S+]([O-])c2nc3nc(OC)ccc3n2[2H])c(C)c(OC)c1C. The van der Waals surface area contributed by atoms with Crippen LogP contribution in [0.1, 0.15) is 18.2 Å². The predicted molar refractivity (Wildman–Crippen MR) is 90.8 cm³/mol. The van der Waals surface area contributed by atoms with Gasteiger partial charge in [-0.15, -0.1) is 0 Å². The summed E-state index contributed by atoms with van der Waals surface area (Å²) >= 11 is -1.64. The maximum atomic E-state index is 12.8. The number of hydrogen-bond acceptors (Lipinski definition) is 6. The highest BCUT2D eigenvalue weighted by Gasteiger charge is 2.21. The zero-order chi connectivity index (χ0) is 19.0. The number of nitrogens with one attached hydrogen (secondary N) is 1. The first-order valence-corrected chi connectivity index (χ1v) is 8.51. The number of pyridine rings is 2. The van der Waals surface area contributed by atoms with Gasteiger partial charge in [-0.1, -0.05) is 0 Å². The van der Waals surface area contributed by atoms with Crippen LogP contribution in [-0.2, 0) is 16.9 Å². The van der Waals surface area contributed by atoms with E-state index in [0.717, 1.165) is 10.5 Å². The fraction of sp³-hybridized carbons (Fsp3) is 0.312. The molecule has 0 radical (unpaired) electrons. The van der Waals surface area contributed by atoms with Crippen LogP contribution in [0.4, 0.5) is 0 Å². The molecule has 0 amide bonds. The Kier molecular flexibility index (Phi) is 3.90. The molecule has 3 heterocycles. The molecule has 3 aromatic rings. The summed E-state index contributed by atoms with van der Waals surface area (Å²) in [5.41, 5.74) is 2.55. The molecule has 1 unspecified atom stereocenters. The van der Waals surface area contributed by atoms with Gasteiger partial charge in [0, 0.05) is 34.5 Å². The zero-order valence-corrected chi connectivity index (χ0v) is 14.6. The second kappa shape index (κ2) is 6.66. The molecule has 0 aliphatic heterocycles. The van der Waals surface area contributed by atoms with Crippen LogP contribution in [0.25, 0.3) is 11.2 Å². The summed E-state index contributed by atoms with van der Waals surface area (Å²) in [5, 5.41) is 0.0630. The van der Waals surface area contributed by atoms with E-state index < -0.39 is 11.2 Å². The normalized spacial score (nSPS) is 13.5. The van der Waals surface area contributed by atoms with E-state index in [1.54, 1.807) is 26.0 Å². The van der Waals surface area contributed by atoms with Crippen molar-refractivity contribution in [1.29, 1.82) is 0 Å². The van der Waals surface area contributed by atoms with E-state index in [-0.39, 0.29) is 22.7 Å². The molecule has 0 aromatic carbocycles. The lowest BCUT2D eigenvalue weighted by atomic mass is 10.1. The van der Waals surface area contributed by atoms with Crippen LogP contribution in [0.5, 0.6) is 11.6 Å². The lowest BCUT2D eigenvalue weighted by Gasteiger charge is -2.13. The number of H-pyrrole nitrogens is 1. The Morgan fingerprint density at radius 2 is 2.08 bits per heavy atom. The van der Waals surface area contributed by atoms with Gasteiger partial charge < -0.3 is 14.0 Å². The zero-order valence-electron chi connectivity index (χ0n) is 15.8. The van der Waals surface area contributed by atoms with Crippen molar-refractivity contribution < 1.29 is 16.8 Å². The van der Waals surface area contributed by atoms with Gasteiger partial charge in [0.1, 0.15) is 5.75 Å². The molecule has 0 bridgehead atoms. The van der Waals surface area contributed by atoms with Crippen LogP contribution >= 0.6 is 0 Å². The summed E-state index contributed by atoms with van der Waals surface area (Å²) in [5.74, 6) is 0.948. The average Bonchev–Trinajstić information content (AvgIpc) is 2.96. The minimum absolute atomic E-state index is 0.0215. The maximum Gasteiger partial charge on any atom is 0.323 e. The molecule has 126 valence electrons. The fourth-order valence-corrected chi connectivity index (χ4v) is 3.41. The third-order valence-electron chi connectivity index (χ3n) is 3.60. The first-order chi connectivity index (χ1) is 12.4. The minimum Gasteiger partial charge on any atom is -0.609 e. The predicted octanol–water partition coefficient (Wildman–Crippen LogP) is 2.29. The van der Waals surface area contributed by atoms with Crippen molar-refractivity contribution >= 4 is 22.3 Å². The Labute approximate surface area is 145 Å². The standard InChI is InChI=1S/C16H18N4O3S/c1-9-7-17-12(10(2)14(9)23-4)8-24(21)16-18-11-5-6-13(22-3)19-15(11)20-16/h5-7H,8H2,1-4H3,(H,18,19,20)/i7D/hD. The molecule has 0 aliphatic carbocycles. The molecular weight excluding hydrogens is 328 g/mol. The van der Waals surface area contributed by atoms with E-state index in [2.05, 4.69) is 15.0 Å². The van der Waals surface area contributed by atoms with Crippen molar-refractivity contribution in [2.45, 2.75) is 24.8 Å². The van der Waals surface area contributed by atoms with Gasteiger partial charge in [0.05, 0.1) is 26.8 Å². The highest BCUT2D eigenvalue weighted by atomic mass is 32.2. The number of rotatable bonds is 5. The van der Waals surface area contributed by atoms with Crippen LogP contribution in [0.2, 0.25) is 1.41 Å². The second-order valence-electron chi connectivity index (χ2n) is 5.15. The number of fused-ring (bicyclic) bond motifs is 1. The van der Waals surface area contributed by atoms with E-state index in [1.165, 1.54) is 14.2 Å². The monoisotopic (exact) mass is 348 g/mol. The van der Waals surface area contributed by atoms with Crippen molar-refractivity contribution in [1.82, 2.24) is 19.9 Å². The molecule has 0 saturated heterocycles. The summed E-state index contributed by atoms with van der Waals surface area (Å²) in [6, 6.07) is 3.26. The van der Waals surface area contributed by atoms with Crippen molar-refractivity contribution in [3.05, 3.63) is 35.1 Å². The van der Waals surface area contributed by atoms with Gasteiger partial charge in [-0.3, -0.25) is 9.96 Å². The third kappa shape index (κ3) is 3.02. The number of aromatic amines is 1. The van der Waals surface area contributed by atoms with Crippen LogP contribution < -0.4 is 9.47 Å². The lowest BCUT2D eigenvalue weighted by Crippen LogP contribution is -2.10. The minimum atomic E-state index is -1.64. The van der Waals surface area contributed by atoms with Gasteiger partial charge in [0.2, 0.25) is 5.88 Å². The van der Waals surface area contributed by atoms with Gasteiger partial charge in [0.15, 0.2) is 12.8 Å². The maximum absolute atomic E-state index is 12.8. The van der Waals surface area contributed by atoms with E-state index in [9.17, 15) is 4.55 Å². The number of aromatic nitrogens is 4. The van der Waals surface area contributed by atoms with Crippen molar-refractivity contribution in [3.63, 3.8) is 0 Å². The van der Waals surface area contributed by atoms with Crippen molar-refractivity contribution in [2.24, 2.45) is 0 Å². The molecule has 3 rings (SSSR count). The Hall–Kier alpha value is -2.32. The molecule has 0 spiro atoms. The van der Waals surface area contributed by atoms with E-state index in [4.69, 9.17) is 12.3 Å². The summed E-state index contributed by atoms with van der Waals surface area (Å²) in [7, 11) is 3.01. The highest BCUT2D eigenvalue weighted by Crippen LogP contribution is 2.26. The first-order valence-electron chi connectivity index (χ1n) is 8.13. The largest absolute Gasteiger partial charge is 0.609 e. The fourth-order valence-electron chi connectivity index (χ4n) is 2.36. The summed E-state index contributed by atoms with van der Waals surface area (Å²) in [4.78, 5) is 13.6. The Morgan fingerprint density at radius 1 is 1.29 bits per heavy atom. The van der Waals surface area contributed by atoms with Crippen molar-refractivity contribution in [3.8, 4) is 11.6 Å². The third-order valence-corrected chi connectivity index (χ3v) is 4.73. The van der Waals surface area contributed by atoms with Crippen LogP contribution in [0.3, 0.4) is 0 Å². The average molecular weight is 348 g/mol. The molecule has 3 aromatic heterocycles. The van der Waals surface area contributed by atoms with Crippen LogP contribution in [0.15, 0.2) is 23.5 Å². The van der Waals surface area contributed by atoms with Gasteiger partial charge in [-0.05, 0) is 19.9 Å². The Morgan fingerprint density at radius 3 is 2.79 bits per heavy atom. The highest BCUT2D eigenvalue weighted by molar-refractivity contribution is 7.90. The second-order valence-corrected chi connectivity index (χ2v) is 6.49. The number of imidazole rings is 1. The molecule has 0 aliphatic rings. The number of hydrogen-bond donors (Lipinski definition) is 1. The van der Waals surface area contributed by atoms with Gasteiger partial charge in [0.25, 0.3) is 0 Å². The molecule has 7 nitrogen and oxygen atoms in total. The molecular formula is C16H18N4O3S. The van der Waals surface area contributed by atoms with Gasteiger partial charge >= 0.3 is 5.16 Å². The lowest BCUT2D eigenvalue weighted by molar-refractivity contribution is 0.399. The van der Waals surface area contributed by atoms with Crippen molar-refractivity contribution in [2.75, 3.05) is 14.2 Å². The smallest absolute Gasteiger partial charge is 0.323 e. The summed E-state index contributed by atoms with van der Waals surface area (Å²) < 4.78 is 39.3. The number of ether oxygens (including phenoxy) is 2. The molecule has 1 N–H and O–H groups in total.